The summed E-state index contributed by atoms with van der Waals surface area (Å²) < 4.78 is 12.6. The van der Waals surface area contributed by atoms with Crippen molar-refractivity contribution in [1.82, 2.24) is 5.43 Å². The Bertz CT molecular complexity index is 550. The molecule has 2 rings (SSSR count). The highest BCUT2D eigenvalue weighted by molar-refractivity contribution is 5.94. The van der Waals surface area contributed by atoms with Crippen LogP contribution in [0.25, 0.3) is 0 Å². The predicted octanol–water partition coefficient (Wildman–Crippen LogP) is 2.59. The van der Waals surface area contributed by atoms with E-state index in [2.05, 4.69) is 10.5 Å². The van der Waals surface area contributed by atoms with E-state index >= 15 is 0 Å². The molecule has 0 saturated carbocycles. The molecule has 1 N–H and O–H groups in total. The first-order chi connectivity index (χ1) is 8.75. The van der Waals surface area contributed by atoms with Gasteiger partial charge in [-0.2, -0.15) is 5.10 Å². The van der Waals surface area contributed by atoms with Crippen LogP contribution < -0.4 is 5.43 Å². The second-order valence-corrected chi connectivity index (χ2v) is 3.62. The number of nitrogens with one attached hydrogen (secondary N) is 1. The third-order valence-corrected chi connectivity index (χ3v) is 2.29. The van der Waals surface area contributed by atoms with Crippen LogP contribution in [0, 0.1) is 5.82 Å². The maximum absolute atomic E-state index is 12.6. The molecule has 0 spiro atoms. The van der Waals surface area contributed by atoms with Crippen molar-refractivity contribution in [3.63, 3.8) is 0 Å². The summed E-state index contributed by atoms with van der Waals surface area (Å²) in [5, 5.41) is 3.80. The minimum absolute atomic E-state index is 0.283. The van der Waals surface area contributed by atoms with Crippen LogP contribution in [0.5, 0.6) is 0 Å². The third-order valence-electron chi connectivity index (χ3n) is 2.29. The maximum atomic E-state index is 12.6. The van der Waals surface area contributed by atoms with Crippen LogP contribution in [0.15, 0.2) is 59.7 Å². The van der Waals surface area contributed by atoms with E-state index in [9.17, 15) is 9.18 Å². The van der Waals surface area contributed by atoms with Gasteiger partial charge in [-0.15, -0.1) is 0 Å². The van der Waals surface area contributed by atoms with Crippen molar-refractivity contribution in [1.29, 1.82) is 0 Å². The summed E-state index contributed by atoms with van der Waals surface area (Å²) in [5.74, 6) is -0.588. The van der Waals surface area contributed by atoms with Gasteiger partial charge in [0.15, 0.2) is 0 Å². The first-order valence-corrected chi connectivity index (χ1v) is 5.40. The van der Waals surface area contributed by atoms with Crippen LogP contribution in [0.3, 0.4) is 0 Å². The summed E-state index contributed by atoms with van der Waals surface area (Å²) in [6.45, 7) is 0. The van der Waals surface area contributed by atoms with E-state index < -0.39 is 0 Å². The lowest BCUT2D eigenvalue weighted by Gasteiger charge is -1.98. The van der Waals surface area contributed by atoms with Crippen LogP contribution in [0.1, 0.15) is 15.9 Å². The minimum atomic E-state index is -0.305. The molecular weight excluding hydrogens is 231 g/mol. The smallest absolute Gasteiger partial charge is 0.267 e. The molecule has 0 aliphatic rings. The highest BCUT2D eigenvalue weighted by atomic mass is 19.1. The first-order valence-electron chi connectivity index (χ1n) is 5.40. The van der Waals surface area contributed by atoms with Crippen molar-refractivity contribution in [2.75, 3.05) is 0 Å². The molecule has 4 heteroatoms. The molecule has 90 valence electrons. The number of hydrogen-bond donors (Lipinski definition) is 1. The molecule has 0 aromatic heterocycles. The molecule has 3 nitrogen and oxygen atoms in total. The van der Waals surface area contributed by atoms with Gasteiger partial charge < -0.3 is 0 Å². The molecule has 18 heavy (non-hydrogen) atoms. The number of hydrogen-bond acceptors (Lipinski definition) is 2. The SMILES string of the molecule is O=C(N/N=C/c1ccc(F)cc1)c1ccccc1. The molecule has 0 aliphatic carbocycles. The van der Waals surface area contributed by atoms with Gasteiger partial charge in [0.05, 0.1) is 6.21 Å². The fourth-order valence-electron chi connectivity index (χ4n) is 1.37. The van der Waals surface area contributed by atoms with Crippen LogP contribution >= 0.6 is 0 Å². The number of hydrazone groups is 1. The number of rotatable bonds is 3. The molecule has 0 heterocycles. The van der Waals surface area contributed by atoms with Crippen molar-refractivity contribution in [2.24, 2.45) is 5.10 Å². The molecule has 0 bridgehead atoms. The van der Waals surface area contributed by atoms with Gasteiger partial charge in [-0.1, -0.05) is 30.3 Å². The number of nitrogens with zero attached hydrogens (tertiary/aromatic N) is 1. The Kier molecular flexibility index (Phi) is 3.81. The monoisotopic (exact) mass is 242 g/mol. The summed E-state index contributed by atoms with van der Waals surface area (Å²) in [7, 11) is 0. The fourth-order valence-corrected chi connectivity index (χ4v) is 1.37. The molecule has 1 amide bonds. The average molecular weight is 242 g/mol. The Hall–Kier alpha value is -2.49. The van der Waals surface area contributed by atoms with Crippen LogP contribution in [-0.2, 0) is 0 Å². The Balaban J connectivity index is 1.96. The maximum Gasteiger partial charge on any atom is 0.271 e. The first kappa shape index (κ1) is 12.0. The lowest BCUT2D eigenvalue weighted by atomic mass is 10.2. The molecule has 0 atom stereocenters. The van der Waals surface area contributed by atoms with Crippen molar-refractivity contribution < 1.29 is 9.18 Å². The van der Waals surface area contributed by atoms with E-state index in [1.54, 1.807) is 36.4 Å². The second kappa shape index (κ2) is 5.72. The van der Waals surface area contributed by atoms with E-state index in [0.717, 1.165) is 0 Å². The van der Waals surface area contributed by atoms with Crippen molar-refractivity contribution >= 4 is 12.1 Å². The highest BCUT2D eigenvalue weighted by Crippen LogP contribution is 2.00. The van der Waals surface area contributed by atoms with Crippen molar-refractivity contribution in [3.05, 3.63) is 71.5 Å². The van der Waals surface area contributed by atoms with Crippen LogP contribution in [-0.4, -0.2) is 12.1 Å². The van der Waals surface area contributed by atoms with Gasteiger partial charge in [0.2, 0.25) is 0 Å². The van der Waals surface area contributed by atoms with Crippen molar-refractivity contribution in [2.45, 2.75) is 0 Å². The number of carbonyl (C=O) groups excluding carboxylic acids is 1. The molecule has 0 radical (unpaired) electrons. The quantitative estimate of drug-likeness (QED) is 0.652. The van der Waals surface area contributed by atoms with Crippen LogP contribution in [0.4, 0.5) is 4.39 Å². The molecule has 0 saturated heterocycles. The lowest BCUT2D eigenvalue weighted by Crippen LogP contribution is -2.17. The van der Waals surface area contributed by atoms with E-state index in [1.807, 2.05) is 6.07 Å². The second-order valence-electron chi connectivity index (χ2n) is 3.62. The average Bonchev–Trinajstić information content (AvgIpc) is 2.42. The van der Waals surface area contributed by atoms with Gasteiger partial charge in [-0.25, -0.2) is 9.82 Å². The zero-order valence-electron chi connectivity index (χ0n) is 9.51. The predicted molar refractivity (Wildman–Crippen MR) is 67.9 cm³/mol. The summed E-state index contributed by atoms with van der Waals surface area (Å²) in [4.78, 5) is 11.6. The molecule has 2 aromatic carbocycles. The van der Waals surface area contributed by atoms with Gasteiger partial charge >= 0.3 is 0 Å². The largest absolute Gasteiger partial charge is 0.271 e. The number of carbonyl (C=O) groups is 1. The Labute approximate surface area is 104 Å². The summed E-state index contributed by atoms with van der Waals surface area (Å²) >= 11 is 0. The summed E-state index contributed by atoms with van der Waals surface area (Å²) in [6.07, 6.45) is 1.46. The van der Waals surface area contributed by atoms with Gasteiger partial charge in [-0.05, 0) is 29.8 Å². The third kappa shape index (κ3) is 3.25. The molecule has 0 fully saturated rings. The van der Waals surface area contributed by atoms with Gasteiger partial charge in [0.1, 0.15) is 5.82 Å². The van der Waals surface area contributed by atoms with E-state index in [1.165, 1.54) is 18.3 Å². The van der Waals surface area contributed by atoms with E-state index in [-0.39, 0.29) is 11.7 Å². The van der Waals surface area contributed by atoms with E-state index in [0.29, 0.717) is 11.1 Å². The van der Waals surface area contributed by atoms with E-state index in [4.69, 9.17) is 0 Å². The summed E-state index contributed by atoms with van der Waals surface area (Å²) in [5.41, 5.74) is 3.65. The number of halogens is 1. The standard InChI is InChI=1S/C14H11FN2O/c15-13-8-6-11(7-9-13)10-16-17-14(18)12-4-2-1-3-5-12/h1-10H,(H,17,18)/b16-10+. The number of benzene rings is 2. The highest BCUT2D eigenvalue weighted by Gasteiger charge is 2.01. The zero-order chi connectivity index (χ0) is 12.8. The fraction of sp³-hybridized carbons (Fsp3) is 0. The molecule has 0 unspecified atom stereocenters. The Morgan fingerprint density at radius 3 is 2.39 bits per heavy atom. The molecular formula is C14H11FN2O. The lowest BCUT2D eigenvalue weighted by molar-refractivity contribution is 0.0955. The number of amides is 1. The summed E-state index contributed by atoms with van der Waals surface area (Å²) in [6, 6.07) is 14.6. The molecule has 2 aromatic rings. The normalized spacial score (nSPS) is 10.5. The van der Waals surface area contributed by atoms with Crippen molar-refractivity contribution in [3.8, 4) is 0 Å². The minimum Gasteiger partial charge on any atom is -0.267 e. The zero-order valence-corrected chi connectivity index (χ0v) is 9.51. The van der Waals surface area contributed by atoms with Gasteiger partial charge in [0.25, 0.3) is 5.91 Å². The molecule has 0 aliphatic heterocycles. The Morgan fingerprint density at radius 2 is 1.72 bits per heavy atom. The topological polar surface area (TPSA) is 41.5 Å². The Morgan fingerprint density at radius 1 is 1.06 bits per heavy atom. The van der Waals surface area contributed by atoms with Crippen LogP contribution in [0.2, 0.25) is 0 Å². The van der Waals surface area contributed by atoms with Gasteiger partial charge in [-0.3, -0.25) is 4.79 Å². The van der Waals surface area contributed by atoms with Gasteiger partial charge in [0, 0.05) is 5.56 Å².